The normalized spacial score (nSPS) is 18.7. The fraction of sp³-hybridized carbons (Fsp3) is 0.636. The van der Waals surface area contributed by atoms with Crippen LogP contribution in [0.25, 0.3) is 0 Å². The van der Waals surface area contributed by atoms with Crippen LogP contribution in [0.5, 0.6) is 0 Å². The van der Waals surface area contributed by atoms with E-state index in [1.54, 1.807) is 0 Å². The molecule has 1 N–H and O–H groups in total. The lowest BCUT2D eigenvalue weighted by Gasteiger charge is -2.34. The van der Waals surface area contributed by atoms with Crippen molar-refractivity contribution in [3.05, 3.63) is 34.4 Å². The minimum Gasteiger partial charge on any atom is -0.481 e. The second-order valence-corrected chi connectivity index (χ2v) is 11.3. The lowest BCUT2D eigenvalue weighted by atomic mass is 10.00. The Labute approximate surface area is 163 Å². The summed E-state index contributed by atoms with van der Waals surface area (Å²) in [6, 6.07) is 3.85. The molecule has 1 saturated carbocycles. The topological polar surface area (TPSA) is 71.4 Å². The molecule has 5 heteroatoms. The largest absolute Gasteiger partial charge is 0.481 e. The maximum absolute atomic E-state index is 14.4. The van der Waals surface area contributed by atoms with Crippen LogP contribution in [0.2, 0.25) is 0 Å². The van der Waals surface area contributed by atoms with Crippen molar-refractivity contribution in [1.29, 1.82) is 0 Å². The zero-order chi connectivity index (χ0) is 20.2. The second-order valence-electron chi connectivity index (χ2n) is 8.08. The summed E-state index contributed by atoms with van der Waals surface area (Å²) in [6.45, 7) is 7.68. The number of carbonyl (C=O) groups is 2. The summed E-state index contributed by atoms with van der Waals surface area (Å²) in [5, 5.41) is 9.92. The van der Waals surface area contributed by atoms with Gasteiger partial charge < -0.3 is 9.67 Å². The molecular weight excluding hydrogens is 359 g/mol. The molecule has 1 aromatic rings. The number of carbonyl (C=O) groups excluding carboxylic acids is 1. The van der Waals surface area contributed by atoms with Crippen LogP contribution in [-0.4, -0.2) is 27.9 Å². The molecule has 0 heterocycles. The highest BCUT2D eigenvalue weighted by Crippen LogP contribution is 2.63. The Balaban J connectivity index is 2.59. The molecule has 2 atom stereocenters. The molecule has 0 amide bonds. The monoisotopic (exact) mass is 392 g/mol. The van der Waals surface area contributed by atoms with Gasteiger partial charge in [-0.25, -0.2) is 0 Å². The van der Waals surface area contributed by atoms with E-state index in [2.05, 4.69) is 0 Å². The lowest BCUT2D eigenvalue weighted by molar-refractivity contribution is -0.136. The maximum Gasteiger partial charge on any atom is 0.314 e. The highest BCUT2D eigenvalue weighted by atomic mass is 31.2. The predicted octanol–water partition coefficient (Wildman–Crippen LogP) is 6.09. The van der Waals surface area contributed by atoms with Crippen molar-refractivity contribution in [2.75, 3.05) is 0 Å². The number of hydrogen-bond acceptors (Lipinski definition) is 3. The molecule has 0 radical (unpaired) electrons. The van der Waals surface area contributed by atoms with Gasteiger partial charge in [0.1, 0.15) is 5.66 Å². The second kappa shape index (κ2) is 9.19. The first-order chi connectivity index (χ1) is 12.7. The first kappa shape index (κ1) is 21.9. The average molecular weight is 392 g/mol. The lowest BCUT2D eigenvalue weighted by Crippen LogP contribution is -2.32. The summed E-state index contributed by atoms with van der Waals surface area (Å²) in [4.78, 5) is 25.8. The number of aryl methyl sites for hydroxylation is 3. The van der Waals surface area contributed by atoms with E-state index in [9.17, 15) is 19.3 Å². The van der Waals surface area contributed by atoms with Gasteiger partial charge in [-0.05, 0) is 51.2 Å². The Morgan fingerprint density at radius 1 is 1.11 bits per heavy atom. The molecule has 0 spiro atoms. The zero-order valence-corrected chi connectivity index (χ0v) is 18.0. The minimum atomic E-state index is -3.61. The van der Waals surface area contributed by atoms with Crippen LogP contribution < -0.4 is 0 Å². The van der Waals surface area contributed by atoms with Gasteiger partial charge in [0.2, 0.25) is 5.52 Å². The van der Waals surface area contributed by atoms with Crippen LogP contribution in [0.15, 0.2) is 12.1 Å². The van der Waals surface area contributed by atoms with Crippen LogP contribution in [-0.2, 0) is 9.36 Å². The first-order valence-electron chi connectivity index (χ1n) is 10.2. The smallest absolute Gasteiger partial charge is 0.314 e. The molecule has 2 rings (SSSR count). The Kier molecular flexibility index (Phi) is 7.45. The summed E-state index contributed by atoms with van der Waals surface area (Å²) in [7, 11) is -3.61. The van der Waals surface area contributed by atoms with E-state index in [1.165, 1.54) is 0 Å². The van der Waals surface area contributed by atoms with E-state index in [1.807, 2.05) is 39.8 Å². The minimum absolute atomic E-state index is 0.295. The van der Waals surface area contributed by atoms with E-state index in [0.29, 0.717) is 31.2 Å². The van der Waals surface area contributed by atoms with Crippen LogP contribution in [0.4, 0.5) is 0 Å². The molecule has 150 valence electrons. The van der Waals surface area contributed by atoms with Gasteiger partial charge in [-0.3, -0.25) is 9.59 Å². The zero-order valence-electron chi connectivity index (χ0n) is 17.1. The Bertz CT molecular complexity index is 724. The molecule has 4 nitrogen and oxygen atoms in total. The summed E-state index contributed by atoms with van der Waals surface area (Å²) < 4.78 is 14.4. The predicted molar refractivity (Wildman–Crippen MR) is 110 cm³/mol. The van der Waals surface area contributed by atoms with Crippen LogP contribution in [0, 0.1) is 20.8 Å². The quantitative estimate of drug-likeness (QED) is 0.543. The summed E-state index contributed by atoms with van der Waals surface area (Å²) >= 11 is 0. The highest BCUT2D eigenvalue weighted by molar-refractivity contribution is 7.83. The SMILES string of the molecule is CCCCC(C(=O)O)P(=O)(C(=O)c1c(C)cc(C)cc1C)C1CCCCC1. The van der Waals surface area contributed by atoms with Gasteiger partial charge in [0, 0.05) is 11.2 Å². The van der Waals surface area contributed by atoms with E-state index in [-0.39, 0.29) is 5.66 Å². The van der Waals surface area contributed by atoms with Crippen molar-refractivity contribution in [2.24, 2.45) is 0 Å². The van der Waals surface area contributed by atoms with E-state index >= 15 is 0 Å². The van der Waals surface area contributed by atoms with Gasteiger partial charge in [-0.15, -0.1) is 0 Å². The molecule has 1 aromatic carbocycles. The Morgan fingerprint density at radius 3 is 2.15 bits per heavy atom. The fourth-order valence-electron chi connectivity index (χ4n) is 4.60. The maximum atomic E-state index is 14.4. The summed E-state index contributed by atoms with van der Waals surface area (Å²) in [5.41, 5.74) is 1.38. The third-order valence-electron chi connectivity index (χ3n) is 5.90. The summed E-state index contributed by atoms with van der Waals surface area (Å²) in [6.07, 6.45) is 6.13. The Morgan fingerprint density at radius 2 is 1.67 bits per heavy atom. The highest BCUT2D eigenvalue weighted by Gasteiger charge is 2.50. The van der Waals surface area contributed by atoms with Crippen LogP contribution >= 0.6 is 7.14 Å². The Hall–Kier alpha value is -1.41. The third-order valence-corrected chi connectivity index (χ3v) is 9.77. The molecule has 27 heavy (non-hydrogen) atoms. The first-order valence-corrected chi connectivity index (χ1v) is 12.0. The van der Waals surface area contributed by atoms with Crippen molar-refractivity contribution in [3.8, 4) is 0 Å². The average Bonchev–Trinajstić information content (AvgIpc) is 2.61. The van der Waals surface area contributed by atoms with Gasteiger partial charge in [0.25, 0.3) is 0 Å². The van der Waals surface area contributed by atoms with E-state index in [4.69, 9.17) is 0 Å². The van der Waals surface area contributed by atoms with Crippen molar-refractivity contribution in [3.63, 3.8) is 0 Å². The number of aliphatic carboxylic acids is 1. The molecule has 2 unspecified atom stereocenters. The van der Waals surface area contributed by atoms with Crippen molar-refractivity contribution in [1.82, 2.24) is 0 Å². The molecule has 0 aromatic heterocycles. The van der Waals surface area contributed by atoms with Crippen molar-refractivity contribution in [2.45, 2.75) is 90.4 Å². The number of unbranched alkanes of at least 4 members (excludes halogenated alkanes) is 1. The third kappa shape index (κ3) is 4.54. The van der Waals surface area contributed by atoms with Crippen LogP contribution in [0.1, 0.15) is 85.3 Å². The molecular formula is C22H33O4P. The van der Waals surface area contributed by atoms with Gasteiger partial charge in [0.05, 0.1) is 0 Å². The van der Waals surface area contributed by atoms with E-state index < -0.39 is 24.3 Å². The van der Waals surface area contributed by atoms with Gasteiger partial charge in [-0.1, -0.05) is 56.7 Å². The van der Waals surface area contributed by atoms with Crippen molar-refractivity contribution >= 4 is 18.6 Å². The number of rotatable bonds is 8. The fourth-order valence-corrected chi connectivity index (χ4v) is 8.45. The van der Waals surface area contributed by atoms with Gasteiger partial charge in [-0.2, -0.15) is 0 Å². The number of carboxylic acid groups (broad SMARTS) is 1. The number of benzene rings is 1. The number of hydrogen-bond donors (Lipinski definition) is 1. The molecule has 0 bridgehead atoms. The van der Waals surface area contributed by atoms with E-state index in [0.717, 1.165) is 42.4 Å². The molecule has 0 aliphatic heterocycles. The molecule has 1 fully saturated rings. The van der Waals surface area contributed by atoms with Crippen molar-refractivity contribution < 1.29 is 19.3 Å². The molecule has 0 saturated heterocycles. The van der Waals surface area contributed by atoms with Gasteiger partial charge >= 0.3 is 5.97 Å². The standard InChI is InChI=1S/C22H33O4P/c1-5-6-12-19(21(23)24)27(26,18-10-8-7-9-11-18)22(25)20-16(3)13-15(2)14-17(20)4/h13-14,18-19H,5-12H2,1-4H3,(H,23,24). The number of carboxylic acids is 1. The summed E-state index contributed by atoms with van der Waals surface area (Å²) in [5.74, 6) is -1.08. The molecule has 1 aliphatic rings. The van der Waals surface area contributed by atoms with Crippen LogP contribution in [0.3, 0.4) is 0 Å². The van der Waals surface area contributed by atoms with Gasteiger partial charge in [0.15, 0.2) is 7.14 Å². The molecule has 1 aliphatic carbocycles.